The van der Waals surface area contributed by atoms with Crippen LogP contribution >= 0.6 is 23.2 Å². The molecule has 0 spiro atoms. The van der Waals surface area contributed by atoms with Crippen LogP contribution in [0, 0.1) is 0 Å². The SMILES string of the molecule is C[C@@H]([NH2+]CC(=O)NCc1ccc(Cl)cc1Cl)c1ccco1. The van der Waals surface area contributed by atoms with Gasteiger partial charge in [0.1, 0.15) is 6.04 Å². The number of hydrogen-bond acceptors (Lipinski definition) is 2. The van der Waals surface area contributed by atoms with E-state index in [4.69, 9.17) is 27.6 Å². The van der Waals surface area contributed by atoms with E-state index in [1.54, 1.807) is 24.5 Å². The molecule has 2 rings (SSSR count). The van der Waals surface area contributed by atoms with Crippen LogP contribution in [0.5, 0.6) is 0 Å². The van der Waals surface area contributed by atoms with Crippen molar-refractivity contribution in [3.63, 3.8) is 0 Å². The average Bonchev–Trinajstić information content (AvgIpc) is 2.98. The maximum absolute atomic E-state index is 11.8. The molecule has 1 heterocycles. The Morgan fingerprint density at radius 3 is 2.86 bits per heavy atom. The van der Waals surface area contributed by atoms with E-state index in [2.05, 4.69) is 5.32 Å². The van der Waals surface area contributed by atoms with E-state index in [9.17, 15) is 4.79 Å². The summed E-state index contributed by atoms with van der Waals surface area (Å²) < 4.78 is 5.29. The second-order valence-corrected chi connectivity index (χ2v) is 5.60. The summed E-state index contributed by atoms with van der Waals surface area (Å²) in [6, 6.07) is 9.05. The molecule has 21 heavy (non-hydrogen) atoms. The van der Waals surface area contributed by atoms with Gasteiger partial charge in [-0.1, -0.05) is 29.3 Å². The van der Waals surface area contributed by atoms with Crippen molar-refractivity contribution in [2.45, 2.75) is 19.5 Å². The molecule has 3 N–H and O–H groups in total. The van der Waals surface area contributed by atoms with Crippen molar-refractivity contribution in [3.05, 3.63) is 58.0 Å². The summed E-state index contributed by atoms with van der Waals surface area (Å²) in [6.45, 7) is 2.70. The van der Waals surface area contributed by atoms with Crippen LogP contribution in [0.25, 0.3) is 0 Å². The number of hydrogen-bond donors (Lipinski definition) is 2. The number of carbonyl (C=O) groups excluding carboxylic acids is 1. The van der Waals surface area contributed by atoms with Crippen LogP contribution in [0.2, 0.25) is 10.0 Å². The Hall–Kier alpha value is -1.49. The number of halogens is 2. The minimum absolute atomic E-state index is 0.0561. The molecular formula is C15H17Cl2N2O2+. The zero-order valence-electron chi connectivity index (χ0n) is 11.6. The standard InChI is InChI=1S/C15H16Cl2N2O2/c1-10(14-3-2-6-21-14)18-9-15(20)19-8-11-4-5-12(16)7-13(11)17/h2-7,10,18H,8-9H2,1H3,(H,19,20)/p+1/t10-/m1/s1. The molecule has 0 aliphatic rings. The van der Waals surface area contributed by atoms with E-state index in [0.29, 0.717) is 23.1 Å². The van der Waals surface area contributed by atoms with Crippen LogP contribution in [0.4, 0.5) is 0 Å². The van der Waals surface area contributed by atoms with E-state index in [1.165, 1.54) is 0 Å². The number of carbonyl (C=O) groups is 1. The van der Waals surface area contributed by atoms with Gasteiger partial charge < -0.3 is 15.1 Å². The first-order valence-corrected chi connectivity index (χ1v) is 7.39. The summed E-state index contributed by atoms with van der Waals surface area (Å²) >= 11 is 11.9. The van der Waals surface area contributed by atoms with E-state index >= 15 is 0 Å². The van der Waals surface area contributed by atoms with Crippen LogP contribution in [0.1, 0.15) is 24.3 Å². The van der Waals surface area contributed by atoms with Crippen molar-refractivity contribution in [2.75, 3.05) is 6.54 Å². The summed E-state index contributed by atoms with van der Waals surface area (Å²) in [5.41, 5.74) is 0.841. The van der Waals surface area contributed by atoms with Crippen LogP contribution < -0.4 is 10.6 Å². The topological polar surface area (TPSA) is 58.9 Å². The minimum Gasteiger partial charge on any atom is -0.463 e. The molecule has 0 radical (unpaired) electrons. The Kier molecular flexibility index (Phi) is 5.67. The smallest absolute Gasteiger partial charge is 0.275 e. The molecule has 6 heteroatoms. The third-order valence-electron chi connectivity index (χ3n) is 3.14. The predicted molar refractivity (Wildman–Crippen MR) is 82.2 cm³/mol. The zero-order chi connectivity index (χ0) is 15.2. The lowest BCUT2D eigenvalue weighted by Gasteiger charge is -2.09. The third-order valence-corrected chi connectivity index (χ3v) is 3.73. The molecule has 4 nitrogen and oxygen atoms in total. The van der Waals surface area contributed by atoms with E-state index in [-0.39, 0.29) is 11.9 Å². The second-order valence-electron chi connectivity index (χ2n) is 4.76. The first kappa shape index (κ1) is 15.9. The molecule has 1 aromatic heterocycles. The van der Waals surface area contributed by atoms with Crippen molar-refractivity contribution in [1.82, 2.24) is 5.32 Å². The van der Waals surface area contributed by atoms with E-state index in [0.717, 1.165) is 11.3 Å². The molecule has 0 bridgehead atoms. The predicted octanol–water partition coefficient (Wildman–Crippen LogP) is 2.53. The zero-order valence-corrected chi connectivity index (χ0v) is 13.1. The minimum atomic E-state index is -0.0561. The van der Waals surface area contributed by atoms with Gasteiger partial charge in [0, 0.05) is 16.6 Å². The van der Waals surface area contributed by atoms with Gasteiger partial charge in [-0.25, -0.2) is 0 Å². The van der Waals surface area contributed by atoms with Gasteiger partial charge in [0.25, 0.3) is 5.91 Å². The summed E-state index contributed by atoms with van der Waals surface area (Å²) in [5, 5.41) is 5.88. The van der Waals surface area contributed by atoms with Crippen molar-refractivity contribution in [3.8, 4) is 0 Å². The highest BCUT2D eigenvalue weighted by Gasteiger charge is 2.13. The van der Waals surface area contributed by atoms with Gasteiger partial charge in [0.05, 0.1) is 6.26 Å². The lowest BCUT2D eigenvalue weighted by Crippen LogP contribution is -2.86. The van der Waals surface area contributed by atoms with Gasteiger partial charge in [-0.05, 0) is 36.8 Å². The van der Waals surface area contributed by atoms with Crippen LogP contribution in [0.15, 0.2) is 41.0 Å². The van der Waals surface area contributed by atoms with Gasteiger partial charge in [0.2, 0.25) is 0 Å². The fourth-order valence-corrected chi connectivity index (χ4v) is 2.36. The van der Waals surface area contributed by atoms with E-state index < -0.39 is 0 Å². The molecule has 1 aromatic carbocycles. The lowest BCUT2D eigenvalue weighted by atomic mass is 10.2. The lowest BCUT2D eigenvalue weighted by molar-refractivity contribution is -0.684. The first-order valence-electron chi connectivity index (χ1n) is 6.63. The molecule has 1 amide bonds. The average molecular weight is 328 g/mol. The van der Waals surface area contributed by atoms with Crippen molar-refractivity contribution >= 4 is 29.1 Å². The largest absolute Gasteiger partial charge is 0.463 e. The summed E-state index contributed by atoms with van der Waals surface area (Å²) in [6.07, 6.45) is 1.63. The number of quaternary nitrogens is 1. The van der Waals surface area contributed by atoms with Crippen molar-refractivity contribution in [1.29, 1.82) is 0 Å². The summed E-state index contributed by atoms with van der Waals surface area (Å²) in [5.74, 6) is 0.794. The first-order chi connectivity index (χ1) is 10.1. The molecule has 2 aromatic rings. The molecule has 0 aliphatic heterocycles. The van der Waals surface area contributed by atoms with Gasteiger partial charge in [-0.3, -0.25) is 4.79 Å². The number of nitrogens with one attached hydrogen (secondary N) is 1. The molecule has 112 valence electrons. The highest BCUT2D eigenvalue weighted by Crippen LogP contribution is 2.20. The molecule has 1 atom stereocenters. The number of amides is 1. The summed E-state index contributed by atoms with van der Waals surface area (Å²) in [4.78, 5) is 11.8. The summed E-state index contributed by atoms with van der Waals surface area (Å²) in [7, 11) is 0. The number of furan rings is 1. The van der Waals surface area contributed by atoms with Crippen LogP contribution in [-0.4, -0.2) is 12.5 Å². The second kappa shape index (κ2) is 7.50. The van der Waals surface area contributed by atoms with E-state index in [1.807, 2.05) is 24.4 Å². The molecule has 0 saturated heterocycles. The number of benzene rings is 1. The number of rotatable bonds is 6. The maximum atomic E-state index is 11.8. The Labute approximate surface area is 133 Å². The Balaban J connectivity index is 1.77. The molecule has 0 aliphatic carbocycles. The quantitative estimate of drug-likeness (QED) is 0.856. The van der Waals surface area contributed by atoms with Gasteiger partial charge in [-0.2, -0.15) is 0 Å². The van der Waals surface area contributed by atoms with Gasteiger partial charge in [0.15, 0.2) is 12.3 Å². The van der Waals surface area contributed by atoms with Crippen LogP contribution in [-0.2, 0) is 11.3 Å². The van der Waals surface area contributed by atoms with Crippen LogP contribution in [0.3, 0.4) is 0 Å². The Morgan fingerprint density at radius 2 is 2.19 bits per heavy atom. The molecular weight excluding hydrogens is 311 g/mol. The van der Waals surface area contributed by atoms with Crippen molar-refractivity contribution in [2.24, 2.45) is 0 Å². The maximum Gasteiger partial charge on any atom is 0.275 e. The Morgan fingerprint density at radius 1 is 1.38 bits per heavy atom. The molecule has 0 saturated carbocycles. The monoisotopic (exact) mass is 327 g/mol. The third kappa shape index (κ3) is 4.77. The normalized spacial score (nSPS) is 12.1. The highest BCUT2D eigenvalue weighted by atomic mass is 35.5. The molecule has 0 unspecified atom stereocenters. The molecule has 0 fully saturated rings. The highest BCUT2D eigenvalue weighted by molar-refractivity contribution is 6.35. The number of nitrogens with two attached hydrogens (primary N) is 1. The van der Waals surface area contributed by atoms with Crippen molar-refractivity contribution < 1.29 is 14.5 Å². The van der Waals surface area contributed by atoms with Gasteiger partial charge >= 0.3 is 0 Å². The Bertz CT molecular complexity index is 600. The van der Waals surface area contributed by atoms with Gasteiger partial charge in [-0.15, -0.1) is 0 Å². The fourth-order valence-electron chi connectivity index (χ4n) is 1.88. The fraction of sp³-hybridized carbons (Fsp3) is 0.267.